The van der Waals surface area contributed by atoms with Gasteiger partial charge in [0.1, 0.15) is 0 Å². The number of nitrogens with one attached hydrogen (secondary N) is 1. The van der Waals surface area contributed by atoms with E-state index in [1.807, 2.05) is 11.8 Å². The summed E-state index contributed by atoms with van der Waals surface area (Å²) in [6.07, 6.45) is 1.25. The lowest BCUT2D eigenvalue weighted by atomic mass is 10.2. The second kappa shape index (κ2) is 8.23. The monoisotopic (exact) mass is 216 g/mol. The molecule has 88 valence electrons. The standard InChI is InChI=1S/C10H20N2O3/c1-4-12(8-10(14)15-3)7-5-6-9(13)11-2/h4-8H2,1-3H3,(H,11,13). The van der Waals surface area contributed by atoms with Gasteiger partial charge >= 0.3 is 5.97 Å². The maximum atomic E-state index is 11.0. The molecule has 0 unspecified atom stereocenters. The average molecular weight is 216 g/mol. The Balaban J connectivity index is 3.70. The molecular weight excluding hydrogens is 196 g/mol. The highest BCUT2D eigenvalue weighted by atomic mass is 16.5. The van der Waals surface area contributed by atoms with Crippen molar-refractivity contribution in [2.45, 2.75) is 19.8 Å². The molecule has 0 saturated carbocycles. The molecule has 0 atom stereocenters. The van der Waals surface area contributed by atoms with E-state index in [-0.39, 0.29) is 11.9 Å². The Morgan fingerprint density at radius 3 is 2.53 bits per heavy atom. The van der Waals surface area contributed by atoms with Crippen molar-refractivity contribution in [1.29, 1.82) is 0 Å². The number of hydrogen-bond acceptors (Lipinski definition) is 4. The van der Waals surface area contributed by atoms with Gasteiger partial charge in [-0.05, 0) is 19.5 Å². The lowest BCUT2D eigenvalue weighted by molar-refractivity contribution is -0.141. The van der Waals surface area contributed by atoms with E-state index >= 15 is 0 Å². The maximum Gasteiger partial charge on any atom is 0.319 e. The van der Waals surface area contributed by atoms with Crippen LogP contribution in [0.1, 0.15) is 19.8 Å². The van der Waals surface area contributed by atoms with E-state index in [0.717, 1.165) is 19.5 Å². The molecule has 0 aromatic heterocycles. The fraction of sp³-hybridized carbons (Fsp3) is 0.800. The highest BCUT2D eigenvalue weighted by Crippen LogP contribution is 1.95. The number of nitrogens with zero attached hydrogens (tertiary/aromatic N) is 1. The molecule has 0 aliphatic carbocycles. The van der Waals surface area contributed by atoms with E-state index < -0.39 is 0 Å². The average Bonchev–Trinajstić information content (AvgIpc) is 2.26. The van der Waals surface area contributed by atoms with Crippen molar-refractivity contribution in [2.24, 2.45) is 0 Å². The van der Waals surface area contributed by atoms with Gasteiger partial charge in [-0.25, -0.2) is 0 Å². The van der Waals surface area contributed by atoms with E-state index in [1.165, 1.54) is 7.11 Å². The predicted molar refractivity (Wildman–Crippen MR) is 57.4 cm³/mol. The molecule has 0 aliphatic heterocycles. The second-order valence-corrected chi connectivity index (χ2v) is 3.22. The lowest BCUT2D eigenvalue weighted by Crippen LogP contribution is -2.32. The Labute approximate surface area is 90.8 Å². The number of esters is 1. The Kier molecular flexibility index (Phi) is 7.62. The summed E-state index contributed by atoms with van der Waals surface area (Å²) in [6, 6.07) is 0. The van der Waals surface area contributed by atoms with E-state index in [4.69, 9.17) is 0 Å². The maximum absolute atomic E-state index is 11.0. The van der Waals surface area contributed by atoms with Crippen molar-refractivity contribution in [3.05, 3.63) is 0 Å². The topological polar surface area (TPSA) is 58.6 Å². The van der Waals surface area contributed by atoms with Crippen LogP contribution in [0.15, 0.2) is 0 Å². The molecule has 1 amide bonds. The van der Waals surface area contributed by atoms with Crippen LogP contribution < -0.4 is 5.32 Å². The first-order valence-electron chi connectivity index (χ1n) is 5.13. The van der Waals surface area contributed by atoms with Gasteiger partial charge in [0.15, 0.2) is 0 Å². The van der Waals surface area contributed by atoms with E-state index in [2.05, 4.69) is 10.1 Å². The number of ether oxygens (including phenoxy) is 1. The summed E-state index contributed by atoms with van der Waals surface area (Å²) in [5.74, 6) is -0.207. The van der Waals surface area contributed by atoms with Gasteiger partial charge in [0.05, 0.1) is 13.7 Å². The first kappa shape index (κ1) is 13.9. The molecule has 5 nitrogen and oxygen atoms in total. The van der Waals surface area contributed by atoms with E-state index in [9.17, 15) is 9.59 Å². The summed E-state index contributed by atoms with van der Waals surface area (Å²) in [5.41, 5.74) is 0. The molecular formula is C10H20N2O3. The molecule has 0 rings (SSSR count). The largest absolute Gasteiger partial charge is 0.468 e. The fourth-order valence-corrected chi connectivity index (χ4v) is 1.18. The Bertz CT molecular complexity index is 207. The Morgan fingerprint density at radius 2 is 2.07 bits per heavy atom. The Hall–Kier alpha value is -1.10. The van der Waals surface area contributed by atoms with Crippen molar-refractivity contribution >= 4 is 11.9 Å². The smallest absolute Gasteiger partial charge is 0.319 e. The zero-order chi connectivity index (χ0) is 11.7. The quantitative estimate of drug-likeness (QED) is 0.609. The zero-order valence-electron chi connectivity index (χ0n) is 9.71. The highest BCUT2D eigenvalue weighted by Gasteiger charge is 2.09. The number of likely N-dealkylation sites (N-methyl/N-ethyl adjacent to an activating group) is 1. The van der Waals surface area contributed by atoms with Gasteiger partial charge in [0.2, 0.25) is 5.91 Å². The summed E-state index contributed by atoms with van der Waals surface area (Å²) in [6.45, 7) is 3.78. The third-order valence-corrected chi connectivity index (χ3v) is 2.18. The van der Waals surface area contributed by atoms with Crippen molar-refractivity contribution in [3.8, 4) is 0 Å². The number of amides is 1. The first-order valence-corrected chi connectivity index (χ1v) is 5.13. The minimum absolute atomic E-state index is 0.0316. The van der Waals surface area contributed by atoms with Crippen molar-refractivity contribution in [3.63, 3.8) is 0 Å². The lowest BCUT2D eigenvalue weighted by Gasteiger charge is -2.18. The number of hydrogen-bond donors (Lipinski definition) is 1. The number of carbonyl (C=O) groups excluding carboxylic acids is 2. The van der Waals surface area contributed by atoms with Gasteiger partial charge in [-0.2, -0.15) is 0 Å². The zero-order valence-corrected chi connectivity index (χ0v) is 9.71. The first-order chi connectivity index (χ1) is 7.13. The van der Waals surface area contributed by atoms with Crippen LogP contribution in [0.25, 0.3) is 0 Å². The SMILES string of the molecule is CCN(CCCC(=O)NC)CC(=O)OC. The van der Waals surface area contributed by atoms with Crippen LogP contribution in [0.5, 0.6) is 0 Å². The van der Waals surface area contributed by atoms with Crippen LogP contribution in [0.4, 0.5) is 0 Å². The number of methoxy groups -OCH3 is 1. The molecule has 0 heterocycles. The van der Waals surface area contributed by atoms with Crippen LogP contribution in [0.3, 0.4) is 0 Å². The molecule has 0 saturated heterocycles. The van der Waals surface area contributed by atoms with Gasteiger partial charge in [-0.15, -0.1) is 0 Å². The van der Waals surface area contributed by atoms with E-state index in [0.29, 0.717) is 13.0 Å². The molecule has 0 spiro atoms. The third-order valence-electron chi connectivity index (χ3n) is 2.18. The van der Waals surface area contributed by atoms with Crippen molar-refractivity contribution < 1.29 is 14.3 Å². The summed E-state index contributed by atoms with van der Waals surface area (Å²) in [7, 11) is 3.00. The number of carbonyl (C=O) groups is 2. The van der Waals surface area contributed by atoms with Crippen LogP contribution in [-0.4, -0.2) is 50.6 Å². The van der Waals surface area contributed by atoms with Gasteiger partial charge < -0.3 is 10.1 Å². The van der Waals surface area contributed by atoms with Crippen molar-refractivity contribution in [2.75, 3.05) is 33.8 Å². The van der Waals surface area contributed by atoms with Gasteiger partial charge in [-0.3, -0.25) is 14.5 Å². The molecule has 0 fully saturated rings. The summed E-state index contributed by atoms with van der Waals surface area (Å²) in [5, 5.41) is 2.56. The van der Waals surface area contributed by atoms with Crippen LogP contribution in [-0.2, 0) is 14.3 Å². The second-order valence-electron chi connectivity index (χ2n) is 3.22. The van der Waals surface area contributed by atoms with Crippen molar-refractivity contribution in [1.82, 2.24) is 10.2 Å². The summed E-state index contributed by atoms with van der Waals surface area (Å²) in [4.78, 5) is 23.9. The highest BCUT2D eigenvalue weighted by molar-refractivity contribution is 5.75. The van der Waals surface area contributed by atoms with Gasteiger partial charge in [0, 0.05) is 13.5 Å². The van der Waals surface area contributed by atoms with Crippen LogP contribution >= 0.6 is 0 Å². The fourth-order valence-electron chi connectivity index (χ4n) is 1.18. The Morgan fingerprint density at radius 1 is 1.40 bits per heavy atom. The molecule has 0 aliphatic rings. The molecule has 1 N–H and O–H groups in total. The minimum Gasteiger partial charge on any atom is -0.468 e. The predicted octanol–water partition coefficient (Wildman–Crippen LogP) is 0.00750. The van der Waals surface area contributed by atoms with Crippen LogP contribution in [0, 0.1) is 0 Å². The number of rotatable bonds is 7. The summed E-state index contributed by atoms with van der Waals surface area (Å²) >= 11 is 0. The van der Waals surface area contributed by atoms with Crippen LogP contribution in [0.2, 0.25) is 0 Å². The normalized spacial score (nSPS) is 10.1. The molecule has 15 heavy (non-hydrogen) atoms. The molecule has 0 aromatic rings. The van der Waals surface area contributed by atoms with E-state index in [1.54, 1.807) is 7.05 Å². The molecule has 0 bridgehead atoms. The minimum atomic E-state index is -0.239. The molecule has 5 heteroatoms. The third kappa shape index (κ3) is 6.90. The summed E-state index contributed by atoms with van der Waals surface area (Å²) < 4.78 is 4.57. The molecule has 0 radical (unpaired) electrons. The van der Waals surface area contributed by atoms with Gasteiger partial charge in [0.25, 0.3) is 0 Å². The molecule has 0 aromatic carbocycles. The van der Waals surface area contributed by atoms with Gasteiger partial charge in [-0.1, -0.05) is 6.92 Å².